The van der Waals surface area contributed by atoms with Crippen molar-refractivity contribution in [2.24, 2.45) is 5.41 Å². The Balaban J connectivity index is 0. The minimum atomic E-state index is -1.11. The average Bonchev–Trinajstić information content (AvgIpc) is 2.13. The highest BCUT2D eigenvalue weighted by Gasteiger charge is 2.26. The van der Waals surface area contributed by atoms with Crippen molar-refractivity contribution in [3.05, 3.63) is 0 Å². The van der Waals surface area contributed by atoms with Gasteiger partial charge in [-0.25, -0.2) is 0 Å². The second-order valence-electron chi connectivity index (χ2n) is 2.13. The standard InChI is InChI=1S/C5H12O4.CH4O/c6-1-5(2-7,3-8)4-9;1-2/h6-9H,1-4H2;2H,1H3. The van der Waals surface area contributed by atoms with Crippen LogP contribution in [-0.4, -0.2) is 59.1 Å². The molecule has 0 aliphatic carbocycles. The normalized spacial score (nSPS) is 10.4. The largest absolute Gasteiger partial charge is 0.400 e. The Bertz CT molecular complexity index is 53.9. The molecule has 0 unspecified atom stereocenters. The first kappa shape index (κ1) is 13.4. The quantitative estimate of drug-likeness (QED) is 0.321. The van der Waals surface area contributed by atoms with Gasteiger partial charge in [0.25, 0.3) is 0 Å². The Hall–Kier alpha value is -0.200. The second kappa shape index (κ2) is 7.90. The van der Waals surface area contributed by atoms with E-state index >= 15 is 0 Å². The molecule has 0 aromatic rings. The third-order valence-electron chi connectivity index (χ3n) is 1.34. The lowest BCUT2D eigenvalue weighted by Gasteiger charge is -2.23. The topological polar surface area (TPSA) is 101 Å². The Morgan fingerprint density at radius 3 is 0.909 bits per heavy atom. The van der Waals surface area contributed by atoms with E-state index in [2.05, 4.69) is 0 Å². The molecule has 0 spiro atoms. The van der Waals surface area contributed by atoms with E-state index in [1.54, 1.807) is 0 Å². The van der Waals surface area contributed by atoms with Gasteiger partial charge in [-0.05, 0) is 0 Å². The lowest BCUT2D eigenvalue weighted by atomic mass is 9.93. The summed E-state index contributed by atoms with van der Waals surface area (Å²) in [6.07, 6.45) is 0. The molecule has 5 nitrogen and oxygen atoms in total. The molecule has 0 heterocycles. The highest BCUT2D eigenvalue weighted by Crippen LogP contribution is 2.11. The number of hydrogen-bond donors (Lipinski definition) is 5. The van der Waals surface area contributed by atoms with Gasteiger partial charge in [-0.2, -0.15) is 0 Å². The molecule has 0 aromatic carbocycles. The van der Waals surface area contributed by atoms with Crippen molar-refractivity contribution in [2.75, 3.05) is 33.5 Å². The van der Waals surface area contributed by atoms with Crippen LogP contribution in [0.2, 0.25) is 0 Å². The van der Waals surface area contributed by atoms with Gasteiger partial charge in [-0.15, -0.1) is 0 Å². The van der Waals surface area contributed by atoms with Crippen molar-refractivity contribution in [1.29, 1.82) is 0 Å². The molecular formula is C6H16O5. The van der Waals surface area contributed by atoms with Crippen LogP contribution < -0.4 is 0 Å². The predicted octanol–water partition coefficient (Wildman–Crippen LogP) is -2.45. The monoisotopic (exact) mass is 168 g/mol. The van der Waals surface area contributed by atoms with E-state index in [0.717, 1.165) is 7.11 Å². The van der Waals surface area contributed by atoms with Gasteiger partial charge in [-0.3, -0.25) is 0 Å². The maximum absolute atomic E-state index is 8.50. The summed E-state index contributed by atoms with van der Waals surface area (Å²) in [6.45, 7) is -1.62. The first-order valence-electron chi connectivity index (χ1n) is 3.13. The molecule has 0 atom stereocenters. The maximum Gasteiger partial charge on any atom is 0.0627 e. The van der Waals surface area contributed by atoms with Gasteiger partial charge in [-0.1, -0.05) is 0 Å². The number of rotatable bonds is 4. The summed E-state index contributed by atoms with van der Waals surface area (Å²) in [6, 6.07) is 0. The molecule has 0 aromatic heterocycles. The van der Waals surface area contributed by atoms with Gasteiger partial charge in [0.05, 0.1) is 31.8 Å². The molecule has 0 rings (SSSR count). The Morgan fingerprint density at radius 1 is 0.727 bits per heavy atom. The lowest BCUT2D eigenvalue weighted by Crippen LogP contribution is -2.37. The van der Waals surface area contributed by atoms with Crippen LogP contribution >= 0.6 is 0 Å². The first-order chi connectivity index (χ1) is 5.24. The average molecular weight is 168 g/mol. The van der Waals surface area contributed by atoms with Gasteiger partial charge < -0.3 is 25.5 Å². The molecule has 0 radical (unpaired) electrons. The fourth-order valence-corrected chi connectivity index (χ4v) is 0.300. The summed E-state index contributed by atoms with van der Waals surface area (Å²) in [4.78, 5) is 0. The van der Waals surface area contributed by atoms with Crippen LogP contribution in [0.5, 0.6) is 0 Å². The molecule has 0 amide bonds. The second-order valence-corrected chi connectivity index (χ2v) is 2.13. The summed E-state index contributed by atoms with van der Waals surface area (Å²) >= 11 is 0. The third kappa shape index (κ3) is 4.28. The molecule has 0 fully saturated rings. The van der Waals surface area contributed by atoms with Gasteiger partial charge >= 0.3 is 0 Å². The fourth-order valence-electron chi connectivity index (χ4n) is 0.300. The van der Waals surface area contributed by atoms with Crippen LogP contribution in [-0.2, 0) is 0 Å². The van der Waals surface area contributed by atoms with E-state index in [9.17, 15) is 0 Å². The SMILES string of the molecule is CO.OCC(CO)(CO)CO. The van der Waals surface area contributed by atoms with E-state index < -0.39 is 31.8 Å². The van der Waals surface area contributed by atoms with E-state index in [4.69, 9.17) is 25.5 Å². The molecule has 0 saturated heterocycles. The summed E-state index contributed by atoms with van der Waals surface area (Å²) in [5.41, 5.74) is -1.11. The molecule has 0 aliphatic heterocycles. The van der Waals surface area contributed by atoms with Crippen LogP contribution in [0.3, 0.4) is 0 Å². The van der Waals surface area contributed by atoms with Crippen LogP contribution in [0.4, 0.5) is 0 Å². The summed E-state index contributed by atoms with van der Waals surface area (Å²) in [5, 5.41) is 41.0. The molecule has 70 valence electrons. The Labute approximate surface area is 65.5 Å². The van der Waals surface area contributed by atoms with Gasteiger partial charge in [0.1, 0.15) is 0 Å². The van der Waals surface area contributed by atoms with Crippen LogP contribution in [0, 0.1) is 5.41 Å². The summed E-state index contributed by atoms with van der Waals surface area (Å²) < 4.78 is 0. The van der Waals surface area contributed by atoms with Crippen molar-refractivity contribution < 1.29 is 25.5 Å². The first-order valence-corrected chi connectivity index (χ1v) is 3.13. The zero-order valence-electron chi connectivity index (χ0n) is 6.56. The van der Waals surface area contributed by atoms with Crippen molar-refractivity contribution in [1.82, 2.24) is 0 Å². The van der Waals surface area contributed by atoms with Gasteiger partial charge in [0, 0.05) is 7.11 Å². The minimum absolute atomic E-state index is 0.406. The highest BCUT2D eigenvalue weighted by molar-refractivity contribution is 4.74. The van der Waals surface area contributed by atoms with Gasteiger partial charge in [0.2, 0.25) is 0 Å². The van der Waals surface area contributed by atoms with Crippen LogP contribution in [0.15, 0.2) is 0 Å². The van der Waals surface area contributed by atoms with Crippen molar-refractivity contribution in [3.8, 4) is 0 Å². The smallest absolute Gasteiger partial charge is 0.0627 e. The molecule has 0 saturated carbocycles. The summed E-state index contributed by atoms with van der Waals surface area (Å²) in [7, 11) is 1.00. The van der Waals surface area contributed by atoms with E-state index in [1.807, 2.05) is 0 Å². The molecule has 0 bridgehead atoms. The van der Waals surface area contributed by atoms with Crippen molar-refractivity contribution >= 4 is 0 Å². The maximum atomic E-state index is 8.50. The van der Waals surface area contributed by atoms with E-state index in [1.165, 1.54) is 0 Å². The van der Waals surface area contributed by atoms with Crippen molar-refractivity contribution in [3.63, 3.8) is 0 Å². The zero-order valence-corrected chi connectivity index (χ0v) is 6.56. The summed E-state index contributed by atoms with van der Waals surface area (Å²) in [5.74, 6) is 0. The predicted molar refractivity (Wildman–Crippen MR) is 38.9 cm³/mol. The van der Waals surface area contributed by atoms with E-state index in [0.29, 0.717) is 0 Å². The molecule has 5 N–H and O–H groups in total. The minimum Gasteiger partial charge on any atom is -0.400 e. The van der Waals surface area contributed by atoms with E-state index in [-0.39, 0.29) is 0 Å². The third-order valence-corrected chi connectivity index (χ3v) is 1.34. The van der Waals surface area contributed by atoms with Crippen LogP contribution in [0.25, 0.3) is 0 Å². The van der Waals surface area contributed by atoms with Crippen molar-refractivity contribution in [2.45, 2.75) is 0 Å². The Kier molecular flexibility index (Phi) is 9.62. The molecule has 5 heteroatoms. The molecule has 0 aliphatic rings. The fraction of sp³-hybridized carbons (Fsp3) is 1.00. The van der Waals surface area contributed by atoms with Crippen LogP contribution in [0.1, 0.15) is 0 Å². The zero-order chi connectivity index (χ0) is 9.33. The Morgan fingerprint density at radius 2 is 0.909 bits per heavy atom. The number of hydrogen-bond acceptors (Lipinski definition) is 5. The number of aliphatic hydroxyl groups excluding tert-OH is 5. The number of aliphatic hydroxyl groups is 5. The molecular weight excluding hydrogens is 152 g/mol. The van der Waals surface area contributed by atoms with Gasteiger partial charge in [0.15, 0.2) is 0 Å². The molecule has 11 heavy (non-hydrogen) atoms. The lowest BCUT2D eigenvalue weighted by molar-refractivity contribution is -0.0328. The highest BCUT2D eigenvalue weighted by atomic mass is 16.3.